The summed E-state index contributed by atoms with van der Waals surface area (Å²) in [7, 11) is 0. The summed E-state index contributed by atoms with van der Waals surface area (Å²) in [5.74, 6) is -0.114. The molecule has 39 heavy (non-hydrogen) atoms. The summed E-state index contributed by atoms with van der Waals surface area (Å²) < 4.78 is 10.8. The summed E-state index contributed by atoms with van der Waals surface area (Å²) in [5.41, 5.74) is 5.59. The lowest BCUT2D eigenvalue weighted by molar-refractivity contribution is -0.111. The number of benzene rings is 1. The Morgan fingerprint density at radius 2 is 1.85 bits per heavy atom. The van der Waals surface area contributed by atoms with Gasteiger partial charge in [-0.25, -0.2) is 19.7 Å². The number of amides is 1. The van der Waals surface area contributed by atoms with Crippen LogP contribution in [0.25, 0.3) is 33.4 Å². The third-order valence-electron chi connectivity index (χ3n) is 6.42. The highest BCUT2D eigenvalue weighted by Gasteiger charge is 2.21. The van der Waals surface area contributed by atoms with Crippen LogP contribution in [0.1, 0.15) is 29.8 Å². The van der Waals surface area contributed by atoms with Crippen molar-refractivity contribution in [1.82, 2.24) is 19.9 Å². The number of carbonyl (C=O) groups excluding carboxylic acids is 2. The fourth-order valence-electron chi connectivity index (χ4n) is 4.45. The lowest BCUT2D eigenvalue weighted by Gasteiger charge is -2.26. The van der Waals surface area contributed by atoms with E-state index in [-0.39, 0.29) is 12.0 Å². The van der Waals surface area contributed by atoms with E-state index in [0.29, 0.717) is 36.1 Å². The van der Waals surface area contributed by atoms with Gasteiger partial charge in [0, 0.05) is 53.9 Å². The third kappa shape index (κ3) is 5.51. The van der Waals surface area contributed by atoms with E-state index in [2.05, 4.69) is 36.7 Å². The SMILES string of the molecule is C=CC(=O)Nc1cc(-c2c(-c3cnc(N4CCOCC4)nc3)[nH]c3ncc(C(=O)OC(C)C)cc23)ccc1C. The van der Waals surface area contributed by atoms with Crippen molar-refractivity contribution >= 4 is 34.5 Å². The number of pyridine rings is 1. The molecule has 0 unspecified atom stereocenters. The molecule has 10 nitrogen and oxygen atoms in total. The zero-order chi connectivity index (χ0) is 27.5. The summed E-state index contributed by atoms with van der Waals surface area (Å²) >= 11 is 0. The number of aromatic nitrogens is 4. The van der Waals surface area contributed by atoms with Crippen LogP contribution in [-0.4, -0.2) is 64.2 Å². The number of H-pyrrole nitrogens is 1. The Kier molecular flexibility index (Phi) is 7.38. The van der Waals surface area contributed by atoms with E-state index in [0.717, 1.165) is 46.4 Å². The molecule has 200 valence electrons. The number of hydrogen-bond donors (Lipinski definition) is 2. The maximum absolute atomic E-state index is 12.7. The van der Waals surface area contributed by atoms with Crippen LogP contribution < -0.4 is 10.2 Å². The van der Waals surface area contributed by atoms with Gasteiger partial charge in [-0.3, -0.25) is 4.79 Å². The third-order valence-corrected chi connectivity index (χ3v) is 6.42. The van der Waals surface area contributed by atoms with E-state index in [1.54, 1.807) is 32.3 Å². The summed E-state index contributed by atoms with van der Waals surface area (Å²) in [6, 6.07) is 7.56. The zero-order valence-electron chi connectivity index (χ0n) is 22.2. The Balaban J connectivity index is 1.64. The van der Waals surface area contributed by atoms with Gasteiger partial charge in [0.15, 0.2) is 0 Å². The summed E-state index contributed by atoms with van der Waals surface area (Å²) in [6.07, 6.45) is 6.01. The number of ether oxygens (including phenoxy) is 2. The van der Waals surface area contributed by atoms with Crippen LogP contribution in [-0.2, 0) is 14.3 Å². The first-order valence-electron chi connectivity index (χ1n) is 12.8. The van der Waals surface area contributed by atoms with Gasteiger partial charge in [0.25, 0.3) is 0 Å². The van der Waals surface area contributed by atoms with Crippen LogP contribution in [0.3, 0.4) is 0 Å². The Bertz CT molecular complexity index is 1540. The summed E-state index contributed by atoms with van der Waals surface area (Å²) in [4.78, 5) is 44.0. The van der Waals surface area contributed by atoms with Crippen LogP contribution in [0.2, 0.25) is 0 Å². The number of nitrogens with one attached hydrogen (secondary N) is 2. The number of anilines is 2. The van der Waals surface area contributed by atoms with E-state index in [4.69, 9.17) is 9.47 Å². The van der Waals surface area contributed by atoms with Crippen LogP contribution >= 0.6 is 0 Å². The predicted octanol–water partition coefficient (Wildman–Crippen LogP) is 4.52. The molecule has 1 aliphatic heterocycles. The number of aryl methyl sites for hydroxylation is 1. The molecule has 0 spiro atoms. The molecule has 4 heterocycles. The fourth-order valence-corrected chi connectivity index (χ4v) is 4.45. The van der Waals surface area contributed by atoms with Gasteiger partial charge in [-0.1, -0.05) is 18.7 Å². The molecule has 1 aromatic carbocycles. The molecule has 0 bridgehead atoms. The molecule has 5 rings (SSSR count). The topological polar surface area (TPSA) is 122 Å². The normalized spacial score (nSPS) is 13.5. The standard InChI is InChI=1S/C29H30N6O4/c1-5-24(36)33-23-13-19(7-6-18(23)4)25-22-12-20(28(37)39-17(2)3)14-30-27(22)34-26(25)21-15-31-29(32-16-21)35-8-10-38-11-9-35/h5-7,12-17H,1,8-11H2,2-4H3,(H,30,34)(H,33,36). The van der Waals surface area contributed by atoms with Crippen molar-refractivity contribution in [1.29, 1.82) is 0 Å². The predicted molar refractivity (Wildman–Crippen MR) is 150 cm³/mol. The van der Waals surface area contributed by atoms with E-state index >= 15 is 0 Å². The van der Waals surface area contributed by atoms with Gasteiger partial charge >= 0.3 is 5.97 Å². The summed E-state index contributed by atoms with van der Waals surface area (Å²) in [5, 5.41) is 3.59. The molecule has 2 N–H and O–H groups in total. The highest BCUT2D eigenvalue weighted by molar-refractivity contribution is 6.06. The molecular formula is C29H30N6O4. The quantitative estimate of drug-likeness (QED) is 0.266. The van der Waals surface area contributed by atoms with E-state index in [9.17, 15) is 9.59 Å². The maximum atomic E-state index is 12.7. The Morgan fingerprint density at radius 1 is 1.10 bits per heavy atom. The number of hydrogen-bond acceptors (Lipinski definition) is 8. The minimum atomic E-state index is -0.450. The van der Waals surface area contributed by atoms with Crippen LogP contribution in [0.5, 0.6) is 0 Å². The van der Waals surface area contributed by atoms with Gasteiger partial charge in [-0.15, -0.1) is 0 Å². The molecule has 0 atom stereocenters. The summed E-state index contributed by atoms with van der Waals surface area (Å²) in [6.45, 7) is 11.8. The van der Waals surface area contributed by atoms with Gasteiger partial charge < -0.3 is 24.7 Å². The van der Waals surface area contributed by atoms with Gasteiger partial charge in [-0.05, 0) is 50.1 Å². The second-order valence-electron chi connectivity index (χ2n) is 9.54. The van der Waals surface area contributed by atoms with Crippen molar-refractivity contribution in [2.24, 2.45) is 0 Å². The van der Waals surface area contributed by atoms with Crippen molar-refractivity contribution in [2.75, 3.05) is 36.5 Å². The van der Waals surface area contributed by atoms with Gasteiger partial charge in [0.2, 0.25) is 11.9 Å². The number of morpholine rings is 1. The van der Waals surface area contributed by atoms with Gasteiger partial charge in [-0.2, -0.15) is 0 Å². The number of nitrogens with zero attached hydrogens (tertiary/aromatic N) is 4. The highest BCUT2D eigenvalue weighted by atomic mass is 16.5. The lowest BCUT2D eigenvalue weighted by Crippen LogP contribution is -2.37. The molecule has 0 saturated carbocycles. The number of esters is 1. The fraction of sp³-hybridized carbons (Fsp3) is 0.276. The molecule has 0 radical (unpaired) electrons. The molecule has 10 heteroatoms. The van der Waals surface area contributed by atoms with Crippen molar-refractivity contribution in [3.8, 4) is 22.4 Å². The molecule has 1 fully saturated rings. The van der Waals surface area contributed by atoms with Gasteiger partial charge in [0.1, 0.15) is 5.65 Å². The minimum Gasteiger partial charge on any atom is -0.459 e. The van der Waals surface area contributed by atoms with Crippen molar-refractivity contribution in [3.05, 3.63) is 66.6 Å². The van der Waals surface area contributed by atoms with Crippen LogP contribution in [0, 0.1) is 6.92 Å². The molecule has 0 aliphatic carbocycles. The van der Waals surface area contributed by atoms with Crippen molar-refractivity contribution < 1.29 is 19.1 Å². The number of aromatic amines is 1. The van der Waals surface area contributed by atoms with E-state index in [1.165, 1.54) is 12.3 Å². The Labute approximate surface area is 226 Å². The molecule has 1 aliphatic rings. The zero-order valence-corrected chi connectivity index (χ0v) is 22.2. The van der Waals surface area contributed by atoms with Gasteiger partial charge in [0.05, 0.1) is 30.6 Å². The Hall–Kier alpha value is -4.57. The van der Waals surface area contributed by atoms with Crippen molar-refractivity contribution in [3.63, 3.8) is 0 Å². The monoisotopic (exact) mass is 526 g/mol. The maximum Gasteiger partial charge on any atom is 0.339 e. The second kappa shape index (κ2) is 11.0. The number of fused-ring (bicyclic) bond motifs is 1. The lowest BCUT2D eigenvalue weighted by atomic mass is 9.97. The molecule has 1 saturated heterocycles. The van der Waals surface area contributed by atoms with Crippen LogP contribution in [0.15, 0.2) is 55.5 Å². The molecule has 1 amide bonds. The van der Waals surface area contributed by atoms with Crippen molar-refractivity contribution in [2.45, 2.75) is 26.9 Å². The number of carbonyl (C=O) groups is 2. The Morgan fingerprint density at radius 3 is 2.54 bits per heavy atom. The number of rotatable bonds is 7. The molecule has 3 aromatic heterocycles. The smallest absolute Gasteiger partial charge is 0.339 e. The first-order valence-corrected chi connectivity index (χ1v) is 12.8. The molecular weight excluding hydrogens is 496 g/mol. The van der Waals surface area contributed by atoms with Crippen LogP contribution in [0.4, 0.5) is 11.6 Å². The van der Waals surface area contributed by atoms with E-state index < -0.39 is 5.97 Å². The largest absolute Gasteiger partial charge is 0.459 e. The molecule has 4 aromatic rings. The highest BCUT2D eigenvalue weighted by Crippen LogP contribution is 2.39. The first-order chi connectivity index (χ1) is 18.8. The minimum absolute atomic E-state index is 0.260. The second-order valence-corrected chi connectivity index (χ2v) is 9.54. The average Bonchev–Trinajstić information content (AvgIpc) is 3.33. The average molecular weight is 527 g/mol. The van der Waals surface area contributed by atoms with E-state index in [1.807, 2.05) is 25.1 Å². The first kappa shape index (κ1) is 26.1.